The molecular weight excluding hydrogens is 376 g/mol. The maximum absolute atomic E-state index is 13.4. The molecule has 152 valence electrons. The first-order valence-electron chi connectivity index (χ1n) is 9.87. The highest BCUT2D eigenvalue weighted by Crippen LogP contribution is 2.33. The molecule has 0 N–H and O–H groups in total. The quantitative estimate of drug-likeness (QED) is 0.414. The maximum Gasteiger partial charge on any atom is 0.235 e. The van der Waals surface area contributed by atoms with E-state index < -0.39 is 0 Å². The van der Waals surface area contributed by atoms with Crippen molar-refractivity contribution >= 4 is 11.0 Å². The van der Waals surface area contributed by atoms with Crippen LogP contribution in [0.3, 0.4) is 0 Å². The first kappa shape index (κ1) is 19.8. The number of hydrogen-bond donors (Lipinski definition) is 0. The van der Waals surface area contributed by atoms with Crippen molar-refractivity contribution in [2.45, 2.75) is 27.4 Å². The molecule has 30 heavy (non-hydrogen) atoms. The smallest absolute Gasteiger partial charge is 0.235 e. The molecular formula is C26H24O4. The van der Waals surface area contributed by atoms with Crippen LogP contribution in [0.5, 0.6) is 11.5 Å². The van der Waals surface area contributed by atoms with Crippen molar-refractivity contribution in [3.8, 4) is 22.8 Å². The molecule has 4 aromatic rings. The monoisotopic (exact) mass is 400 g/mol. The standard InChI is InChI=1S/C26H24O4/c1-16-5-7-19(8-6-16)15-29-26-24(27)23-18(3)13-17(2)14-22(23)30-25(26)20-9-11-21(28-4)12-10-20/h5-14H,15H2,1-4H3. The van der Waals surface area contributed by atoms with Crippen molar-refractivity contribution < 1.29 is 13.9 Å². The summed E-state index contributed by atoms with van der Waals surface area (Å²) in [6.07, 6.45) is 0. The molecule has 4 rings (SSSR count). The lowest BCUT2D eigenvalue weighted by molar-refractivity contribution is 0.298. The van der Waals surface area contributed by atoms with E-state index in [0.29, 0.717) is 16.7 Å². The van der Waals surface area contributed by atoms with Gasteiger partial charge in [-0.3, -0.25) is 4.79 Å². The predicted octanol–water partition coefficient (Wildman–Crippen LogP) is 5.97. The fourth-order valence-electron chi connectivity index (χ4n) is 3.58. The van der Waals surface area contributed by atoms with E-state index in [1.54, 1.807) is 7.11 Å². The molecule has 3 aromatic carbocycles. The second kappa shape index (κ2) is 8.07. The van der Waals surface area contributed by atoms with Gasteiger partial charge in [0, 0.05) is 5.56 Å². The van der Waals surface area contributed by atoms with E-state index >= 15 is 0 Å². The second-order valence-electron chi connectivity index (χ2n) is 7.55. The van der Waals surface area contributed by atoms with Crippen molar-refractivity contribution in [1.82, 2.24) is 0 Å². The molecule has 0 aliphatic rings. The van der Waals surface area contributed by atoms with Gasteiger partial charge in [0.1, 0.15) is 17.9 Å². The summed E-state index contributed by atoms with van der Waals surface area (Å²) in [7, 11) is 1.62. The van der Waals surface area contributed by atoms with Crippen LogP contribution in [0.4, 0.5) is 0 Å². The molecule has 0 saturated carbocycles. The fraction of sp³-hybridized carbons (Fsp3) is 0.192. The van der Waals surface area contributed by atoms with Crippen LogP contribution in [0.25, 0.3) is 22.3 Å². The minimum absolute atomic E-state index is 0.160. The van der Waals surface area contributed by atoms with Crippen LogP contribution >= 0.6 is 0 Å². The molecule has 0 aliphatic carbocycles. The average molecular weight is 400 g/mol. The zero-order valence-corrected chi connectivity index (χ0v) is 17.6. The Kier molecular flexibility index (Phi) is 5.32. The number of hydrogen-bond acceptors (Lipinski definition) is 4. The van der Waals surface area contributed by atoms with Gasteiger partial charge in [-0.1, -0.05) is 35.9 Å². The number of methoxy groups -OCH3 is 1. The van der Waals surface area contributed by atoms with E-state index in [9.17, 15) is 4.79 Å². The molecule has 0 radical (unpaired) electrons. The third-order valence-electron chi connectivity index (χ3n) is 5.15. The van der Waals surface area contributed by atoms with Gasteiger partial charge in [0.25, 0.3) is 0 Å². The Morgan fingerprint density at radius 2 is 1.57 bits per heavy atom. The molecule has 1 aromatic heterocycles. The number of benzene rings is 3. The van der Waals surface area contributed by atoms with E-state index in [0.717, 1.165) is 28.0 Å². The highest BCUT2D eigenvalue weighted by molar-refractivity contribution is 5.85. The Hall–Kier alpha value is -3.53. The maximum atomic E-state index is 13.4. The molecule has 0 saturated heterocycles. The first-order valence-corrected chi connectivity index (χ1v) is 9.87. The summed E-state index contributed by atoms with van der Waals surface area (Å²) in [5.41, 5.74) is 5.23. The van der Waals surface area contributed by atoms with E-state index in [1.165, 1.54) is 5.56 Å². The van der Waals surface area contributed by atoms with Gasteiger partial charge in [0.2, 0.25) is 11.2 Å². The third kappa shape index (κ3) is 3.81. The van der Waals surface area contributed by atoms with Crippen LogP contribution in [-0.4, -0.2) is 7.11 Å². The topological polar surface area (TPSA) is 48.7 Å². The van der Waals surface area contributed by atoms with Crippen molar-refractivity contribution in [3.05, 3.63) is 93.1 Å². The second-order valence-corrected chi connectivity index (χ2v) is 7.55. The number of fused-ring (bicyclic) bond motifs is 1. The summed E-state index contributed by atoms with van der Waals surface area (Å²) in [6.45, 7) is 6.23. The summed E-state index contributed by atoms with van der Waals surface area (Å²) in [6, 6.07) is 19.3. The first-order chi connectivity index (χ1) is 14.5. The molecule has 0 aliphatic heterocycles. The number of ether oxygens (including phenoxy) is 2. The fourth-order valence-corrected chi connectivity index (χ4v) is 3.58. The van der Waals surface area contributed by atoms with Crippen LogP contribution in [0.15, 0.2) is 69.9 Å². The molecule has 4 heteroatoms. The normalized spacial score (nSPS) is 10.9. The van der Waals surface area contributed by atoms with E-state index in [4.69, 9.17) is 13.9 Å². The zero-order valence-electron chi connectivity index (χ0n) is 17.6. The van der Waals surface area contributed by atoms with Gasteiger partial charge in [0.15, 0.2) is 5.76 Å². The number of aryl methyl sites for hydroxylation is 3. The predicted molar refractivity (Wildman–Crippen MR) is 119 cm³/mol. The highest BCUT2D eigenvalue weighted by Gasteiger charge is 2.19. The minimum Gasteiger partial charge on any atom is -0.497 e. The van der Waals surface area contributed by atoms with Gasteiger partial charge in [-0.15, -0.1) is 0 Å². The van der Waals surface area contributed by atoms with E-state index in [1.807, 2.05) is 81.4 Å². The molecule has 4 nitrogen and oxygen atoms in total. The molecule has 0 spiro atoms. The summed E-state index contributed by atoms with van der Waals surface area (Å²) in [4.78, 5) is 13.4. The summed E-state index contributed by atoms with van der Waals surface area (Å²) in [5.74, 6) is 1.38. The Balaban J connectivity index is 1.86. The van der Waals surface area contributed by atoms with Crippen molar-refractivity contribution in [3.63, 3.8) is 0 Å². The van der Waals surface area contributed by atoms with Crippen LogP contribution in [0.1, 0.15) is 22.3 Å². The minimum atomic E-state index is -0.160. The largest absolute Gasteiger partial charge is 0.497 e. The lowest BCUT2D eigenvalue weighted by Crippen LogP contribution is -2.11. The molecule has 0 fully saturated rings. The van der Waals surface area contributed by atoms with Gasteiger partial charge in [-0.25, -0.2) is 0 Å². The Labute approximate surface area is 175 Å². The Morgan fingerprint density at radius 3 is 2.23 bits per heavy atom. The Morgan fingerprint density at radius 1 is 0.867 bits per heavy atom. The third-order valence-corrected chi connectivity index (χ3v) is 5.15. The number of rotatable bonds is 5. The lowest BCUT2D eigenvalue weighted by Gasteiger charge is -2.13. The van der Waals surface area contributed by atoms with Crippen molar-refractivity contribution in [2.75, 3.05) is 7.11 Å². The van der Waals surface area contributed by atoms with Gasteiger partial charge >= 0.3 is 0 Å². The van der Waals surface area contributed by atoms with Crippen LogP contribution in [0, 0.1) is 20.8 Å². The lowest BCUT2D eigenvalue weighted by atomic mass is 10.0. The van der Waals surface area contributed by atoms with E-state index in [-0.39, 0.29) is 17.8 Å². The summed E-state index contributed by atoms with van der Waals surface area (Å²) < 4.78 is 17.5. The zero-order chi connectivity index (χ0) is 21.3. The Bertz CT molecular complexity index is 1250. The molecule has 0 amide bonds. The van der Waals surface area contributed by atoms with Gasteiger partial charge < -0.3 is 13.9 Å². The molecule has 0 unspecified atom stereocenters. The van der Waals surface area contributed by atoms with Gasteiger partial charge in [0.05, 0.1) is 12.5 Å². The van der Waals surface area contributed by atoms with Crippen molar-refractivity contribution in [2.24, 2.45) is 0 Å². The van der Waals surface area contributed by atoms with Crippen molar-refractivity contribution in [1.29, 1.82) is 0 Å². The van der Waals surface area contributed by atoms with Gasteiger partial charge in [-0.05, 0) is 67.8 Å². The molecule has 0 atom stereocenters. The SMILES string of the molecule is COc1ccc(-c2oc3cc(C)cc(C)c3c(=O)c2OCc2ccc(C)cc2)cc1. The average Bonchev–Trinajstić information content (AvgIpc) is 2.73. The van der Waals surface area contributed by atoms with Crippen LogP contribution in [0.2, 0.25) is 0 Å². The molecule has 1 heterocycles. The van der Waals surface area contributed by atoms with Crippen LogP contribution < -0.4 is 14.9 Å². The van der Waals surface area contributed by atoms with E-state index in [2.05, 4.69) is 0 Å². The van der Waals surface area contributed by atoms with Gasteiger partial charge in [-0.2, -0.15) is 0 Å². The summed E-state index contributed by atoms with van der Waals surface area (Å²) >= 11 is 0. The highest BCUT2D eigenvalue weighted by atomic mass is 16.5. The summed E-state index contributed by atoms with van der Waals surface area (Å²) in [5, 5.41) is 0.553. The molecule has 0 bridgehead atoms. The van der Waals surface area contributed by atoms with Crippen LogP contribution in [-0.2, 0) is 6.61 Å².